The molecule has 5 heteroatoms. The van der Waals surface area contributed by atoms with E-state index in [4.69, 9.17) is 4.74 Å². The first kappa shape index (κ1) is 14.0. The molecule has 2 heterocycles. The van der Waals surface area contributed by atoms with Crippen LogP contribution in [0.5, 0.6) is 0 Å². The molecule has 3 rings (SSSR count). The first-order valence-electron chi connectivity index (χ1n) is 7.79. The summed E-state index contributed by atoms with van der Waals surface area (Å²) in [5.41, 5.74) is -0.0188. The van der Waals surface area contributed by atoms with Crippen molar-refractivity contribution in [3.8, 4) is 0 Å². The van der Waals surface area contributed by atoms with Crippen molar-refractivity contribution < 1.29 is 4.74 Å². The van der Waals surface area contributed by atoms with Crippen LogP contribution < -0.4 is 0 Å². The summed E-state index contributed by atoms with van der Waals surface area (Å²) >= 11 is 0. The van der Waals surface area contributed by atoms with Gasteiger partial charge in [0.25, 0.3) is 0 Å². The molecule has 2 fully saturated rings. The molecule has 20 heavy (non-hydrogen) atoms. The molecule has 0 aromatic carbocycles. The molecule has 0 unspecified atom stereocenters. The van der Waals surface area contributed by atoms with Crippen molar-refractivity contribution in [3.05, 3.63) is 11.6 Å². The van der Waals surface area contributed by atoms with Gasteiger partial charge in [0.2, 0.25) is 0 Å². The minimum atomic E-state index is -0.0188. The third-order valence-electron chi connectivity index (χ3n) is 4.37. The van der Waals surface area contributed by atoms with E-state index >= 15 is 0 Å². The minimum absolute atomic E-state index is 0.0188. The Morgan fingerprint density at radius 1 is 1.35 bits per heavy atom. The summed E-state index contributed by atoms with van der Waals surface area (Å²) in [6.45, 7) is 10.4. The molecule has 5 nitrogen and oxygen atoms in total. The summed E-state index contributed by atoms with van der Waals surface area (Å²) in [6, 6.07) is 0. The van der Waals surface area contributed by atoms with Crippen LogP contribution in [0.3, 0.4) is 0 Å². The number of nitrogens with one attached hydrogen (secondary N) is 1. The fraction of sp³-hybridized carbons (Fsp3) is 0.867. The van der Waals surface area contributed by atoms with Crippen LogP contribution in [0, 0.1) is 5.92 Å². The summed E-state index contributed by atoms with van der Waals surface area (Å²) in [5, 5.41) is 7.41. The third-order valence-corrected chi connectivity index (χ3v) is 4.37. The fourth-order valence-corrected chi connectivity index (χ4v) is 2.83. The van der Waals surface area contributed by atoms with Gasteiger partial charge in [-0.15, -0.1) is 0 Å². The Morgan fingerprint density at radius 2 is 2.15 bits per heavy atom. The van der Waals surface area contributed by atoms with Gasteiger partial charge in [0.1, 0.15) is 6.10 Å². The van der Waals surface area contributed by atoms with Gasteiger partial charge in [-0.25, -0.2) is 4.98 Å². The lowest BCUT2D eigenvalue weighted by Crippen LogP contribution is -2.42. The molecule has 1 atom stereocenters. The van der Waals surface area contributed by atoms with Crippen molar-refractivity contribution in [1.29, 1.82) is 0 Å². The summed E-state index contributed by atoms with van der Waals surface area (Å²) in [6.07, 6.45) is 4.26. The first-order chi connectivity index (χ1) is 9.52. The van der Waals surface area contributed by atoms with Crippen molar-refractivity contribution >= 4 is 0 Å². The molecular weight excluding hydrogens is 252 g/mol. The molecule has 1 saturated carbocycles. The lowest BCUT2D eigenvalue weighted by Gasteiger charge is -2.36. The van der Waals surface area contributed by atoms with Crippen LogP contribution in [0.25, 0.3) is 0 Å². The first-order valence-corrected chi connectivity index (χ1v) is 7.79. The summed E-state index contributed by atoms with van der Waals surface area (Å²) in [5.74, 6) is 2.66. The normalized spacial score (nSPS) is 25.6. The predicted octanol–water partition coefficient (Wildman–Crippen LogP) is 2.28. The van der Waals surface area contributed by atoms with E-state index in [2.05, 4.69) is 40.9 Å². The quantitative estimate of drug-likeness (QED) is 0.921. The molecule has 112 valence electrons. The Hall–Kier alpha value is -0.940. The Balaban J connectivity index is 1.62. The van der Waals surface area contributed by atoms with Crippen LogP contribution in [0.15, 0.2) is 0 Å². The SMILES string of the molecule is CC(C)(C)c1n[nH]c([C@H]2CN(CC3CCC3)CCO2)n1. The van der Waals surface area contributed by atoms with E-state index in [1.54, 1.807) is 0 Å². The molecular formula is C15H26N4O. The van der Waals surface area contributed by atoms with Crippen LogP contribution >= 0.6 is 0 Å². The van der Waals surface area contributed by atoms with Crippen LogP contribution in [0.4, 0.5) is 0 Å². The van der Waals surface area contributed by atoms with Crippen molar-refractivity contribution in [3.63, 3.8) is 0 Å². The van der Waals surface area contributed by atoms with E-state index in [1.165, 1.54) is 25.8 Å². The maximum absolute atomic E-state index is 5.88. The maximum Gasteiger partial charge on any atom is 0.156 e. The lowest BCUT2D eigenvalue weighted by molar-refractivity contribution is -0.0419. The van der Waals surface area contributed by atoms with E-state index in [0.717, 1.165) is 37.3 Å². The molecule has 0 amide bonds. The molecule has 1 saturated heterocycles. The van der Waals surface area contributed by atoms with E-state index in [-0.39, 0.29) is 11.5 Å². The number of aromatic amines is 1. The number of aromatic nitrogens is 3. The van der Waals surface area contributed by atoms with Gasteiger partial charge in [0.15, 0.2) is 11.6 Å². The van der Waals surface area contributed by atoms with E-state index in [9.17, 15) is 0 Å². The fourth-order valence-electron chi connectivity index (χ4n) is 2.83. The zero-order valence-electron chi connectivity index (χ0n) is 12.9. The highest BCUT2D eigenvalue weighted by Gasteiger charge is 2.29. The maximum atomic E-state index is 5.88. The van der Waals surface area contributed by atoms with Crippen molar-refractivity contribution in [2.75, 3.05) is 26.2 Å². The van der Waals surface area contributed by atoms with Crippen LogP contribution in [-0.4, -0.2) is 46.3 Å². The van der Waals surface area contributed by atoms with Gasteiger partial charge in [-0.05, 0) is 18.8 Å². The molecule has 2 aliphatic rings. The minimum Gasteiger partial charge on any atom is -0.368 e. The predicted molar refractivity (Wildman–Crippen MR) is 77.6 cm³/mol. The topological polar surface area (TPSA) is 54.0 Å². The number of morpholine rings is 1. The average molecular weight is 278 g/mol. The monoisotopic (exact) mass is 278 g/mol. The Labute approximate surface area is 121 Å². The van der Waals surface area contributed by atoms with Crippen LogP contribution in [0.2, 0.25) is 0 Å². The summed E-state index contributed by atoms with van der Waals surface area (Å²) < 4.78 is 5.88. The van der Waals surface area contributed by atoms with Crippen molar-refractivity contribution in [2.45, 2.75) is 51.6 Å². The highest BCUT2D eigenvalue weighted by molar-refractivity contribution is 5.04. The molecule has 0 radical (unpaired) electrons. The number of rotatable bonds is 3. The van der Waals surface area contributed by atoms with Gasteiger partial charge in [-0.3, -0.25) is 10.00 Å². The zero-order valence-corrected chi connectivity index (χ0v) is 12.9. The van der Waals surface area contributed by atoms with Crippen LogP contribution in [0.1, 0.15) is 57.8 Å². The molecule has 1 aliphatic carbocycles. The van der Waals surface area contributed by atoms with Gasteiger partial charge in [-0.1, -0.05) is 27.2 Å². The number of hydrogen-bond donors (Lipinski definition) is 1. The molecule has 1 aromatic heterocycles. The van der Waals surface area contributed by atoms with Gasteiger partial charge in [0.05, 0.1) is 6.61 Å². The second-order valence-electron chi connectivity index (χ2n) is 7.21. The highest BCUT2D eigenvalue weighted by Crippen LogP contribution is 2.29. The number of H-pyrrole nitrogens is 1. The average Bonchev–Trinajstić information content (AvgIpc) is 2.84. The second-order valence-corrected chi connectivity index (χ2v) is 7.21. The second kappa shape index (κ2) is 5.45. The lowest BCUT2D eigenvalue weighted by atomic mass is 9.85. The molecule has 1 N–H and O–H groups in total. The van der Waals surface area contributed by atoms with Crippen LogP contribution in [-0.2, 0) is 10.2 Å². The summed E-state index contributed by atoms with van der Waals surface area (Å²) in [7, 11) is 0. The standard InChI is InChI=1S/C15H26N4O/c1-15(2,3)14-16-13(17-18-14)12-10-19(7-8-20-12)9-11-5-4-6-11/h11-12H,4-10H2,1-3H3,(H,16,17,18)/t12-/m1/s1. The Bertz CT molecular complexity index is 447. The Morgan fingerprint density at radius 3 is 2.75 bits per heavy atom. The number of ether oxygens (including phenoxy) is 1. The molecule has 0 bridgehead atoms. The van der Waals surface area contributed by atoms with Gasteiger partial charge >= 0.3 is 0 Å². The number of nitrogens with zero attached hydrogens (tertiary/aromatic N) is 3. The van der Waals surface area contributed by atoms with E-state index < -0.39 is 0 Å². The smallest absolute Gasteiger partial charge is 0.156 e. The van der Waals surface area contributed by atoms with E-state index in [0.29, 0.717) is 0 Å². The highest BCUT2D eigenvalue weighted by atomic mass is 16.5. The van der Waals surface area contributed by atoms with Gasteiger partial charge in [-0.2, -0.15) is 5.10 Å². The van der Waals surface area contributed by atoms with Gasteiger partial charge < -0.3 is 4.74 Å². The molecule has 1 aromatic rings. The third kappa shape index (κ3) is 3.04. The van der Waals surface area contributed by atoms with Gasteiger partial charge in [0, 0.05) is 25.0 Å². The summed E-state index contributed by atoms with van der Waals surface area (Å²) in [4.78, 5) is 7.16. The number of hydrogen-bond acceptors (Lipinski definition) is 4. The molecule has 0 spiro atoms. The molecule has 1 aliphatic heterocycles. The largest absolute Gasteiger partial charge is 0.368 e. The van der Waals surface area contributed by atoms with E-state index in [1.807, 2.05) is 0 Å². The zero-order chi connectivity index (χ0) is 14.2. The van der Waals surface area contributed by atoms with Crippen molar-refractivity contribution in [1.82, 2.24) is 20.1 Å². The van der Waals surface area contributed by atoms with Crippen molar-refractivity contribution in [2.24, 2.45) is 5.92 Å². The Kier molecular flexibility index (Phi) is 3.82.